The zero-order chi connectivity index (χ0) is 30.1. The number of benzene rings is 3. The molecule has 0 bridgehead atoms. The molecule has 2 atom stereocenters. The van der Waals surface area contributed by atoms with Gasteiger partial charge in [0.2, 0.25) is 0 Å². The van der Waals surface area contributed by atoms with Gasteiger partial charge in [-0.3, -0.25) is 4.79 Å². The first kappa shape index (κ1) is 30.9. The highest BCUT2D eigenvalue weighted by Crippen LogP contribution is 2.64. The van der Waals surface area contributed by atoms with E-state index in [2.05, 4.69) is 59.7 Å². The average molecular weight is 577 g/mol. The molecule has 1 fully saturated rings. The van der Waals surface area contributed by atoms with Crippen LogP contribution in [0.4, 0.5) is 0 Å². The van der Waals surface area contributed by atoms with Gasteiger partial charge < -0.3 is 18.9 Å². The Hall–Kier alpha value is -3.04. The Labute approximate surface area is 247 Å². The van der Waals surface area contributed by atoms with Crippen molar-refractivity contribution in [2.24, 2.45) is 10.8 Å². The third kappa shape index (κ3) is 5.97. The average Bonchev–Trinajstić information content (AvgIpc) is 2.94. The molecule has 0 saturated carbocycles. The van der Waals surface area contributed by atoms with Crippen LogP contribution in [0.5, 0.6) is 23.0 Å². The Balaban J connectivity index is 2.23. The molecule has 220 valence electrons. The topological polar surface area (TPSA) is 54.0 Å². The molecule has 1 saturated heterocycles. The maximum atomic E-state index is 13.4. The van der Waals surface area contributed by atoms with E-state index >= 15 is 0 Å². The van der Waals surface area contributed by atoms with Crippen LogP contribution in [0, 0.1) is 10.8 Å². The SMILES string of the molecule is COc1cccc(OC)c1-c1cccc(-c2c(OC)cccc2OC)c1P1C(C(C)(C)C)CC(=O)CC1C(C)(C)C. The summed E-state index contributed by atoms with van der Waals surface area (Å²) in [5.74, 6) is 3.34. The predicted octanol–water partition coefficient (Wildman–Crippen LogP) is 8.35. The fourth-order valence-electron chi connectivity index (χ4n) is 6.15. The van der Waals surface area contributed by atoms with Gasteiger partial charge in [-0.2, -0.15) is 0 Å². The van der Waals surface area contributed by atoms with Gasteiger partial charge >= 0.3 is 0 Å². The van der Waals surface area contributed by atoms with Gasteiger partial charge in [0.25, 0.3) is 0 Å². The highest BCUT2D eigenvalue weighted by molar-refractivity contribution is 7.68. The number of carbonyl (C=O) groups excluding carboxylic acids is 1. The van der Waals surface area contributed by atoms with E-state index in [0.29, 0.717) is 18.6 Å². The molecule has 0 spiro atoms. The predicted molar refractivity (Wildman–Crippen MR) is 171 cm³/mol. The minimum atomic E-state index is -0.898. The molecule has 1 aliphatic rings. The lowest BCUT2D eigenvalue weighted by Crippen LogP contribution is -2.44. The van der Waals surface area contributed by atoms with Crippen molar-refractivity contribution < 1.29 is 23.7 Å². The second-order valence-electron chi connectivity index (χ2n) is 12.9. The van der Waals surface area contributed by atoms with E-state index in [9.17, 15) is 4.79 Å². The summed E-state index contributed by atoms with van der Waals surface area (Å²) in [6, 6.07) is 18.3. The molecule has 0 aromatic heterocycles. The van der Waals surface area contributed by atoms with Crippen LogP contribution in [0.25, 0.3) is 22.3 Å². The Morgan fingerprint density at radius 3 is 1.20 bits per heavy atom. The van der Waals surface area contributed by atoms with Crippen molar-refractivity contribution in [3.05, 3.63) is 54.6 Å². The minimum Gasteiger partial charge on any atom is -0.496 e. The summed E-state index contributed by atoms with van der Waals surface area (Å²) in [6.45, 7) is 13.7. The van der Waals surface area contributed by atoms with Crippen LogP contribution in [0.2, 0.25) is 0 Å². The van der Waals surface area contributed by atoms with Crippen LogP contribution >= 0.6 is 7.92 Å². The van der Waals surface area contributed by atoms with Gasteiger partial charge in [-0.15, -0.1) is 0 Å². The largest absolute Gasteiger partial charge is 0.496 e. The van der Waals surface area contributed by atoms with Crippen LogP contribution in [-0.4, -0.2) is 45.5 Å². The van der Waals surface area contributed by atoms with Crippen molar-refractivity contribution >= 4 is 19.0 Å². The molecular weight excluding hydrogens is 531 g/mol. The van der Waals surface area contributed by atoms with Crippen molar-refractivity contribution in [1.29, 1.82) is 0 Å². The Morgan fingerprint density at radius 2 is 0.902 bits per heavy atom. The van der Waals surface area contributed by atoms with E-state index in [-0.39, 0.29) is 22.1 Å². The molecule has 0 amide bonds. The normalized spacial score (nSPS) is 19.6. The zero-order valence-electron chi connectivity index (χ0n) is 26.3. The lowest BCUT2D eigenvalue weighted by molar-refractivity contribution is -0.120. The summed E-state index contributed by atoms with van der Waals surface area (Å²) < 4.78 is 23.8. The summed E-state index contributed by atoms with van der Waals surface area (Å²) in [4.78, 5) is 13.4. The number of ketones is 1. The number of Topliss-reactive ketones (excluding diaryl/α,β-unsaturated/α-hetero) is 1. The van der Waals surface area contributed by atoms with Gasteiger partial charge in [0, 0.05) is 12.8 Å². The second kappa shape index (κ2) is 12.1. The highest BCUT2D eigenvalue weighted by Gasteiger charge is 2.48. The number of methoxy groups -OCH3 is 4. The smallest absolute Gasteiger partial charge is 0.134 e. The van der Waals surface area contributed by atoms with Crippen molar-refractivity contribution in [2.45, 2.75) is 65.7 Å². The number of carbonyl (C=O) groups is 1. The molecule has 0 aliphatic carbocycles. The van der Waals surface area contributed by atoms with E-state index in [1.807, 2.05) is 36.4 Å². The maximum Gasteiger partial charge on any atom is 0.134 e. The highest BCUT2D eigenvalue weighted by atomic mass is 31.1. The van der Waals surface area contributed by atoms with E-state index in [0.717, 1.165) is 45.3 Å². The fraction of sp³-hybridized carbons (Fsp3) is 0.457. The summed E-state index contributed by atoms with van der Waals surface area (Å²) in [7, 11) is 5.90. The quantitative estimate of drug-likeness (QED) is 0.265. The Morgan fingerprint density at radius 1 is 0.585 bits per heavy atom. The van der Waals surface area contributed by atoms with Crippen molar-refractivity contribution in [1.82, 2.24) is 0 Å². The maximum absolute atomic E-state index is 13.4. The van der Waals surface area contributed by atoms with E-state index in [1.54, 1.807) is 28.4 Å². The van der Waals surface area contributed by atoms with Crippen LogP contribution in [0.1, 0.15) is 54.4 Å². The monoisotopic (exact) mass is 576 g/mol. The summed E-state index contributed by atoms with van der Waals surface area (Å²) in [6.07, 6.45) is 1.14. The van der Waals surface area contributed by atoms with Crippen LogP contribution in [0.3, 0.4) is 0 Å². The van der Waals surface area contributed by atoms with E-state index in [4.69, 9.17) is 18.9 Å². The first-order valence-corrected chi connectivity index (χ1v) is 15.7. The first-order valence-electron chi connectivity index (χ1n) is 14.2. The first-order chi connectivity index (χ1) is 19.4. The van der Waals surface area contributed by atoms with Gasteiger partial charge in [0.1, 0.15) is 28.8 Å². The van der Waals surface area contributed by atoms with Crippen LogP contribution in [0.15, 0.2) is 54.6 Å². The number of rotatable bonds is 7. The molecule has 0 N–H and O–H groups in total. The van der Waals surface area contributed by atoms with Crippen molar-refractivity contribution in [3.8, 4) is 45.3 Å². The summed E-state index contributed by atoms with van der Waals surface area (Å²) >= 11 is 0. The molecule has 5 nitrogen and oxygen atoms in total. The molecule has 2 unspecified atom stereocenters. The lowest BCUT2D eigenvalue weighted by Gasteiger charge is -2.50. The molecule has 3 aromatic rings. The fourth-order valence-corrected chi connectivity index (χ4v) is 10.6. The van der Waals surface area contributed by atoms with Crippen molar-refractivity contribution in [2.75, 3.05) is 28.4 Å². The summed E-state index contributed by atoms with van der Waals surface area (Å²) in [5.41, 5.74) is 4.12. The van der Waals surface area contributed by atoms with Gasteiger partial charge in [-0.1, -0.05) is 79.8 Å². The zero-order valence-corrected chi connectivity index (χ0v) is 27.1. The van der Waals surface area contributed by atoms with E-state index in [1.165, 1.54) is 5.30 Å². The van der Waals surface area contributed by atoms with Gasteiger partial charge in [-0.05, 0) is 62.8 Å². The molecule has 6 heteroatoms. The van der Waals surface area contributed by atoms with E-state index < -0.39 is 7.92 Å². The summed E-state index contributed by atoms with van der Waals surface area (Å²) in [5, 5.41) is 1.24. The molecule has 3 aromatic carbocycles. The van der Waals surface area contributed by atoms with Gasteiger partial charge in [0.15, 0.2) is 0 Å². The standard InChI is InChI=1S/C35H45O5P/c1-34(2,3)29-20-22(36)21-30(35(4,5)6)41(29)33-23(31-25(37-7)16-12-17-26(31)38-8)14-11-15-24(33)32-27(39-9)18-13-19-28(32)40-10/h11-19,29-30H,20-21H2,1-10H3. The molecular formula is C35H45O5P. The number of hydrogen-bond acceptors (Lipinski definition) is 5. The van der Waals surface area contributed by atoms with Crippen LogP contribution in [-0.2, 0) is 4.79 Å². The third-order valence-corrected chi connectivity index (χ3v) is 12.5. The third-order valence-electron chi connectivity index (χ3n) is 8.20. The minimum absolute atomic E-state index is 0.0919. The number of ether oxygens (including phenoxy) is 4. The van der Waals surface area contributed by atoms with Gasteiger partial charge in [0.05, 0.1) is 39.6 Å². The van der Waals surface area contributed by atoms with Crippen molar-refractivity contribution in [3.63, 3.8) is 0 Å². The molecule has 1 heterocycles. The second-order valence-corrected chi connectivity index (χ2v) is 15.4. The molecule has 4 rings (SSSR count). The molecule has 41 heavy (non-hydrogen) atoms. The van der Waals surface area contributed by atoms with Gasteiger partial charge in [-0.25, -0.2) is 0 Å². The molecule has 0 radical (unpaired) electrons. The molecule has 1 aliphatic heterocycles. The van der Waals surface area contributed by atoms with Crippen LogP contribution < -0.4 is 24.3 Å². The number of hydrogen-bond donors (Lipinski definition) is 0. The Kier molecular flexibility index (Phi) is 9.09. The lowest BCUT2D eigenvalue weighted by atomic mass is 9.84. The Bertz CT molecular complexity index is 1250.